The van der Waals surface area contributed by atoms with Gasteiger partial charge in [0.15, 0.2) is 0 Å². The summed E-state index contributed by atoms with van der Waals surface area (Å²) in [5.41, 5.74) is -0.344. The van der Waals surface area contributed by atoms with Crippen molar-refractivity contribution in [2.45, 2.75) is 43.4 Å². The highest BCUT2D eigenvalue weighted by atomic mass is 16.5. The van der Waals surface area contributed by atoms with Gasteiger partial charge in [0.1, 0.15) is 11.9 Å². The van der Waals surface area contributed by atoms with E-state index in [2.05, 4.69) is 6.07 Å². The molecule has 2 N–H and O–H groups in total. The highest BCUT2D eigenvalue weighted by molar-refractivity contribution is 5.96. The zero-order valence-electron chi connectivity index (χ0n) is 16.5. The largest absolute Gasteiger partial charge is 0.490 e. The van der Waals surface area contributed by atoms with Crippen LogP contribution in [0.25, 0.3) is 10.8 Å². The minimum Gasteiger partial charge on any atom is -0.490 e. The maximum atomic E-state index is 11.9. The van der Waals surface area contributed by atoms with Crippen molar-refractivity contribution in [2.75, 3.05) is 7.05 Å². The Kier molecular flexibility index (Phi) is 4.96. The number of hydrogen-bond acceptors (Lipinski definition) is 5. The number of benzene rings is 2. The van der Waals surface area contributed by atoms with E-state index in [4.69, 9.17) is 10.00 Å². The van der Waals surface area contributed by atoms with Crippen LogP contribution in [0.4, 0.5) is 0 Å². The lowest BCUT2D eigenvalue weighted by atomic mass is 9.80. The number of piperidine rings is 1. The topological polar surface area (TPSA) is 111 Å². The van der Waals surface area contributed by atoms with E-state index in [0.717, 1.165) is 29.7 Å². The van der Waals surface area contributed by atoms with Crippen LogP contribution >= 0.6 is 0 Å². The third-order valence-electron chi connectivity index (χ3n) is 6.46. The number of rotatable bonds is 5. The first-order chi connectivity index (χ1) is 14.3. The van der Waals surface area contributed by atoms with Crippen molar-refractivity contribution in [3.63, 3.8) is 0 Å². The van der Waals surface area contributed by atoms with Crippen LogP contribution in [0.2, 0.25) is 0 Å². The van der Waals surface area contributed by atoms with E-state index in [1.54, 1.807) is 6.07 Å². The summed E-state index contributed by atoms with van der Waals surface area (Å²) in [5, 5.41) is 29.9. The van der Waals surface area contributed by atoms with E-state index >= 15 is 0 Å². The van der Waals surface area contributed by atoms with E-state index < -0.39 is 17.5 Å². The Hall–Kier alpha value is -3.37. The van der Waals surface area contributed by atoms with Gasteiger partial charge in [-0.15, -0.1) is 0 Å². The van der Waals surface area contributed by atoms with Crippen molar-refractivity contribution in [3.05, 3.63) is 53.6 Å². The van der Waals surface area contributed by atoms with Gasteiger partial charge in [-0.1, -0.05) is 12.1 Å². The molecule has 0 aromatic heterocycles. The number of hydrogen-bond donors (Lipinski definition) is 2. The van der Waals surface area contributed by atoms with Gasteiger partial charge in [-0.05, 0) is 61.3 Å². The number of carbonyl (C=O) groups is 2. The van der Waals surface area contributed by atoms with Crippen LogP contribution in [-0.2, 0) is 9.59 Å². The number of carboxylic acids is 2. The van der Waals surface area contributed by atoms with Crippen molar-refractivity contribution >= 4 is 22.7 Å². The Balaban J connectivity index is 1.62. The fraction of sp³-hybridized carbons (Fsp3) is 0.348. The van der Waals surface area contributed by atoms with Crippen LogP contribution in [0.15, 0.2) is 48.0 Å². The molecule has 0 saturated carbocycles. The van der Waals surface area contributed by atoms with Crippen molar-refractivity contribution < 1.29 is 24.5 Å². The van der Waals surface area contributed by atoms with Gasteiger partial charge in [-0.3, -0.25) is 4.90 Å². The second-order valence-electron chi connectivity index (χ2n) is 8.05. The lowest BCUT2D eigenvalue weighted by Crippen LogP contribution is -2.55. The molecule has 0 amide bonds. The summed E-state index contributed by atoms with van der Waals surface area (Å²) in [6.07, 6.45) is 3.16. The quantitative estimate of drug-likeness (QED) is 0.734. The van der Waals surface area contributed by atoms with E-state index in [9.17, 15) is 19.8 Å². The summed E-state index contributed by atoms with van der Waals surface area (Å²) < 4.78 is 6.25. The Morgan fingerprint density at radius 1 is 1.23 bits per heavy atom. The maximum absolute atomic E-state index is 11.9. The van der Waals surface area contributed by atoms with Crippen LogP contribution in [-0.4, -0.2) is 51.8 Å². The first-order valence-corrected chi connectivity index (χ1v) is 9.84. The Labute approximate surface area is 173 Å². The highest BCUT2D eigenvalue weighted by Gasteiger charge is 2.54. The molecule has 7 heteroatoms. The number of aliphatic carboxylic acids is 2. The number of nitrogens with zero attached hydrogens (tertiary/aromatic N) is 2. The molecular weight excluding hydrogens is 384 g/mol. The lowest BCUT2D eigenvalue weighted by molar-refractivity contribution is -0.137. The second-order valence-corrected chi connectivity index (χ2v) is 8.05. The first-order valence-electron chi connectivity index (χ1n) is 9.84. The molecule has 30 heavy (non-hydrogen) atoms. The summed E-state index contributed by atoms with van der Waals surface area (Å²) >= 11 is 0. The molecule has 0 radical (unpaired) electrons. The molecule has 0 aliphatic carbocycles. The number of ether oxygens (including phenoxy) is 1. The number of nitriles is 1. The number of carboxylic acid groups (broad SMARTS) is 2. The van der Waals surface area contributed by atoms with Gasteiger partial charge < -0.3 is 14.9 Å². The molecule has 2 heterocycles. The van der Waals surface area contributed by atoms with Crippen molar-refractivity contribution in [1.29, 1.82) is 5.26 Å². The summed E-state index contributed by atoms with van der Waals surface area (Å²) in [7, 11) is 1.87. The minimum absolute atomic E-state index is 0.0872. The number of fused-ring (bicyclic) bond motifs is 3. The van der Waals surface area contributed by atoms with Crippen LogP contribution < -0.4 is 4.74 Å². The summed E-state index contributed by atoms with van der Waals surface area (Å²) in [5.74, 6) is -1.78. The molecule has 7 nitrogen and oxygen atoms in total. The SMILES string of the molecule is CN1C2CCC1(/C(=C\C(=O)O)C(=O)O)CC(Oc1ccc3cc(C#N)ccc3c1)C2. The zero-order chi connectivity index (χ0) is 21.5. The highest BCUT2D eigenvalue weighted by Crippen LogP contribution is 2.48. The van der Waals surface area contributed by atoms with Gasteiger partial charge in [-0.2, -0.15) is 5.26 Å². The van der Waals surface area contributed by atoms with Gasteiger partial charge in [-0.25, -0.2) is 9.59 Å². The molecule has 0 spiro atoms. The predicted octanol–water partition coefficient (Wildman–Crippen LogP) is 3.18. The van der Waals surface area contributed by atoms with E-state index in [1.807, 2.05) is 42.3 Å². The van der Waals surface area contributed by atoms with Gasteiger partial charge in [0.2, 0.25) is 0 Å². The molecule has 2 aromatic rings. The first kappa shape index (κ1) is 19.9. The molecule has 2 fully saturated rings. The standard InChI is InChI=1S/C23H22N2O5/c1-25-17-6-7-23(25,20(22(28)29)11-21(26)27)12-19(10-17)30-18-5-4-15-8-14(13-24)2-3-16(15)9-18/h2-5,8-9,11,17,19H,6-7,10,12H2,1H3,(H,26,27)(H,28,29)/b20-11-. The second kappa shape index (κ2) is 7.47. The molecule has 2 aromatic carbocycles. The van der Waals surface area contributed by atoms with Gasteiger partial charge in [0.05, 0.1) is 22.7 Å². The van der Waals surface area contributed by atoms with Gasteiger partial charge >= 0.3 is 11.9 Å². The zero-order valence-corrected chi connectivity index (χ0v) is 16.5. The predicted molar refractivity (Wildman–Crippen MR) is 109 cm³/mol. The molecule has 4 rings (SSSR count). The van der Waals surface area contributed by atoms with Gasteiger partial charge in [0, 0.05) is 18.5 Å². The van der Waals surface area contributed by atoms with Crippen LogP contribution in [0.1, 0.15) is 31.2 Å². The van der Waals surface area contributed by atoms with Gasteiger partial charge in [0.25, 0.3) is 0 Å². The third-order valence-corrected chi connectivity index (χ3v) is 6.46. The molecule has 3 atom stereocenters. The Morgan fingerprint density at radius 3 is 2.67 bits per heavy atom. The molecular formula is C23H22N2O5. The van der Waals surface area contributed by atoms with Crippen molar-refractivity contribution in [2.24, 2.45) is 0 Å². The smallest absolute Gasteiger partial charge is 0.333 e. The van der Waals surface area contributed by atoms with Crippen molar-refractivity contribution in [3.8, 4) is 11.8 Å². The minimum atomic E-state index is -1.26. The van der Waals surface area contributed by atoms with Crippen LogP contribution in [0.3, 0.4) is 0 Å². The van der Waals surface area contributed by atoms with E-state index in [0.29, 0.717) is 24.2 Å². The average molecular weight is 406 g/mol. The normalized spacial score (nSPS) is 26.3. The maximum Gasteiger partial charge on any atom is 0.333 e. The van der Waals surface area contributed by atoms with E-state index in [-0.39, 0.29) is 17.7 Å². The molecule has 154 valence electrons. The van der Waals surface area contributed by atoms with Crippen LogP contribution in [0, 0.1) is 11.3 Å². The Morgan fingerprint density at radius 2 is 1.97 bits per heavy atom. The summed E-state index contributed by atoms with van der Waals surface area (Å²) in [4.78, 5) is 25.2. The number of likely N-dealkylation sites (N-methyl/N-ethyl adjacent to an activating group) is 1. The van der Waals surface area contributed by atoms with Crippen molar-refractivity contribution in [1.82, 2.24) is 4.90 Å². The summed E-state index contributed by atoms with van der Waals surface area (Å²) in [6.45, 7) is 0. The van der Waals surface area contributed by atoms with Crippen LogP contribution in [0.5, 0.6) is 5.75 Å². The fourth-order valence-corrected chi connectivity index (χ4v) is 5.01. The van der Waals surface area contributed by atoms with E-state index in [1.165, 1.54) is 0 Å². The molecule has 3 unspecified atom stereocenters. The monoisotopic (exact) mass is 406 g/mol. The Bertz CT molecular complexity index is 1100. The fourth-order valence-electron chi connectivity index (χ4n) is 5.01. The molecule has 2 aliphatic heterocycles. The molecule has 2 bridgehead atoms. The molecule has 2 saturated heterocycles. The lowest BCUT2D eigenvalue weighted by Gasteiger charge is -2.45. The molecule has 2 aliphatic rings. The third kappa shape index (κ3) is 3.40. The average Bonchev–Trinajstić information content (AvgIpc) is 2.89. The summed E-state index contributed by atoms with van der Waals surface area (Å²) in [6, 6.07) is 13.4.